The standard InChI is InChI=1S/C23H26N4O4/c1-14(2)21-25-20(26-31-21)15-3-5-17(6-4-15)23(28)27-10-7-19-18(13-27)24-22(30-19)16-8-11-29-12-9-16/h3-6,14,16H,7-13H2,1-2H3. The van der Waals surface area contributed by atoms with Crippen molar-refractivity contribution in [1.29, 1.82) is 0 Å². The van der Waals surface area contributed by atoms with Gasteiger partial charge < -0.3 is 18.6 Å². The van der Waals surface area contributed by atoms with E-state index in [0.29, 0.717) is 42.7 Å². The third-order valence-corrected chi connectivity index (χ3v) is 5.93. The van der Waals surface area contributed by atoms with Crippen molar-refractivity contribution in [3.63, 3.8) is 0 Å². The van der Waals surface area contributed by atoms with Crippen molar-refractivity contribution in [3.8, 4) is 11.4 Å². The van der Waals surface area contributed by atoms with Gasteiger partial charge >= 0.3 is 0 Å². The number of hydrogen-bond donors (Lipinski definition) is 0. The van der Waals surface area contributed by atoms with Crippen LogP contribution < -0.4 is 0 Å². The van der Waals surface area contributed by atoms with Gasteiger partial charge in [-0.05, 0) is 25.0 Å². The molecule has 162 valence electrons. The third-order valence-electron chi connectivity index (χ3n) is 5.93. The minimum Gasteiger partial charge on any atom is -0.445 e. The fourth-order valence-electron chi connectivity index (χ4n) is 4.04. The lowest BCUT2D eigenvalue weighted by atomic mass is 10.0. The van der Waals surface area contributed by atoms with Crippen LogP contribution in [0.3, 0.4) is 0 Å². The highest BCUT2D eigenvalue weighted by atomic mass is 16.5. The molecule has 31 heavy (non-hydrogen) atoms. The van der Waals surface area contributed by atoms with E-state index < -0.39 is 0 Å². The Morgan fingerprint density at radius 1 is 1.13 bits per heavy atom. The number of nitrogens with zero attached hydrogens (tertiary/aromatic N) is 4. The van der Waals surface area contributed by atoms with Gasteiger partial charge in [0.05, 0.1) is 6.54 Å². The summed E-state index contributed by atoms with van der Waals surface area (Å²) in [4.78, 5) is 24.0. The normalized spacial score (nSPS) is 17.2. The first-order valence-electron chi connectivity index (χ1n) is 10.9. The van der Waals surface area contributed by atoms with Crippen LogP contribution in [0.1, 0.15) is 72.1 Å². The van der Waals surface area contributed by atoms with Gasteiger partial charge in [-0.1, -0.05) is 31.1 Å². The van der Waals surface area contributed by atoms with Gasteiger partial charge in [-0.25, -0.2) is 4.98 Å². The SMILES string of the molecule is CC(C)c1nc(-c2ccc(C(=O)N3CCc4oc(C5CCOCC5)nc4C3)cc2)no1. The Morgan fingerprint density at radius 3 is 2.61 bits per heavy atom. The first-order valence-corrected chi connectivity index (χ1v) is 10.9. The summed E-state index contributed by atoms with van der Waals surface area (Å²) in [5.41, 5.74) is 2.34. The first-order chi connectivity index (χ1) is 15.1. The molecule has 2 aliphatic heterocycles. The second kappa shape index (κ2) is 8.26. The molecule has 0 N–H and O–H groups in total. The fourth-order valence-corrected chi connectivity index (χ4v) is 4.04. The number of carbonyl (C=O) groups excluding carboxylic acids is 1. The Labute approximate surface area is 180 Å². The third kappa shape index (κ3) is 3.99. The lowest BCUT2D eigenvalue weighted by molar-refractivity contribution is 0.0726. The minimum atomic E-state index is -0.0104. The number of carbonyl (C=O) groups is 1. The van der Waals surface area contributed by atoms with Crippen LogP contribution in [0, 0.1) is 0 Å². The fraction of sp³-hybridized carbons (Fsp3) is 0.478. The van der Waals surface area contributed by atoms with Gasteiger partial charge in [0, 0.05) is 49.1 Å². The van der Waals surface area contributed by atoms with E-state index >= 15 is 0 Å². The molecule has 8 nitrogen and oxygen atoms in total. The Hall–Kier alpha value is -3.00. The lowest BCUT2D eigenvalue weighted by Crippen LogP contribution is -2.35. The quantitative estimate of drug-likeness (QED) is 0.628. The van der Waals surface area contributed by atoms with Crippen LogP contribution >= 0.6 is 0 Å². The zero-order chi connectivity index (χ0) is 21.4. The molecular weight excluding hydrogens is 396 g/mol. The van der Waals surface area contributed by atoms with E-state index in [-0.39, 0.29) is 11.8 Å². The average molecular weight is 422 g/mol. The molecule has 5 rings (SSSR count). The van der Waals surface area contributed by atoms with E-state index in [1.165, 1.54) is 0 Å². The van der Waals surface area contributed by atoms with E-state index in [2.05, 4.69) is 10.1 Å². The molecule has 0 radical (unpaired) electrons. The smallest absolute Gasteiger partial charge is 0.254 e. The summed E-state index contributed by atoms with van der Waals surface area (Å²) in [5, 5.41) is 4.03. The summed E-state index contributed by atoms with van der Waals surface area (Å²) >= 11 is 0. The Kier molecular flexibility index (Phi) is 5.31. The molecule has 1 amide bonds. The van der Waals surface area contributed by atoms with Gasteiger partial charge in [0.15, 0.2) is 5.89 Å². The lowest BCUT2D eigenvalue weighted by Gasteiger charge is -2.25. The predicted molar refractivity (Wildman–Crippen MR) is 112 cm³/mol. The summed E-state index contributed by atoms with van der Waals surface area (Å²) in [7, 11) is 0. The van der Waals surface area contributed by atoms with Crippen molar-refractivity contribution >= 4 is 5.91 Å². The van der Waals surface area contributed by atoms with Crippen LogP contribution in [-0.2, 0) is 17.7 Å². The number of amides is 1. The molecule has 0 unspecified atom stereocenters. The molecule has 1 aromatic carbocycles. The molecule has 0 spiro atoms. The number of hydrogen-bond acceptors (Lipinski definition) is 7. The molecule has 2 aliphatic rings. The van der Waals surface area contributed by atoms with Crippen LogP contribution in [0.25, 0.3) is 11.4 Å². The minimum absolute atomic E-state index is 0.0104. The summed E-state index contributed by atoms with van der Waals surface area (Å²) in [5.74, 6) is 3.34. The summed E-state index contributed by atoms with van der Waals surface area (Å²) in [6.45, 7) is 6.61. The van der Waals surface area contributed by atoms with Gasteiger partial charge in [-0.15, -0.1) is 0 Å². The highest BCUT2D eigenvalue weighted by molar-refractivity contribution is 5.94. The highest BCUT2D eigenvalue weighted by Gasteiger charge is 2.29. The molecular formula is C23H26N4O4. The van der Waals surface area contributed by atoms with Crippen LogP contribution in [0.15, 0.2) is 33.2 Å². The van der Waals surface area contributed by atoms with Gasteiger partial charge in [-0.2, -0.15) is 4.98 Å². The Bertz CT molecular complexity index is 1060. The summed E-state index contributed by atoms with van der Waals surface area (Å²) < 4.78 is 16.7. The molecule has 8 heteroatoms. The number of aromatic nitrogens is 3. The molecule has 4 heterocycles. The number of rotatable bonds is 4. The van der Waals surface area contributed by atoms with Crippen molar-refractivity contribution in [2.75, 3.05) is 19.8 Å². The Morgan fingerprint density at radius 2 is 1.90 bits per heavy atom. The van der Waals surface area contributed by atoms with E-state index in [0.717, 1.165) is 49.0 Å². The van der Waals surface area contributed by atoms with Crippen molar-refractivity contribution in [2.24, 2.45) is 0 Å². The number of ether oxygens (including phenoxy) is 1. The second-order valence-electron chi connectivity index (χ2n) is 8.47. The van der Waals surface area contributed by atoms with Crippen LogP contribution in [0.4, 0.5) is 0 Å². The molecule has 0 atom stereocenters. The van der Waals surface area contributed by atoms with Crippen LogP contribution in [0.5, 0.6) is 0 Å². The van der Waals surface area contributed by atoms with E-state index in [1.54, 1.807) is 0 Å². The van der Waals surface area contributed by atoms with Crippen molar-refractivity contribution in [2.45, 2.75) is 51.5 Å². The van der Waals surface area contributed by atoms with Crippen molar-refractivity contribution in [3.05, 3.63) is 53.1 Å². The maximum Gasteiger partial charge on any atom is 0.254 e. The monoisotopic (exact) mass is 422 g/mol. The molecule has 3 aromatic rings. The molecule has 0 saturated carbocycles. The molecule has 0 aliphatic carbocycles. The first kappa shape index (κ1) is 19.9. The number of oxazole rings is 1. The second-order valence-corrected chi connectivity index (χ2v) is 8.47. The predicted octanol–water partition coefficient (Wildman–Crippen LogP) is 3.94. The maximum absolute atomic E-state index is 13.1. The van der Waals surface area contributed by atoms with E-state index in [1.807, 2.05) is 43.0 Å². The zero-order valence-electron chi connectivity index (χ0n) is 17.8. The Balaban J connectivity index is 1.28. The topological polar surface area (TPSA) is 94.5 Å². The van der Waals surface area contributed by atoms with Gasteiger partial charge in [0.25, 0.3) is 5.91 Å². The van der Waals surface area contributed by atoms with E-state index in [9.17, 15) is 4.79 Å². The van der Waals surface area contributed by atoms with Crippen molar-refractivity contribution < 1.29 is 18.5 Å². The highest BCUT2D eigenvalue weighted by Crippen LogP contribution is 2.30. The van der Waals surface area contributed by atoms with Crippen molar-refractivity contribution in [1.82, 2.24) is 20.0 Å². The average Bonchev–Trinajstić information content (AvgIpc) is 3.46. The van der Waals surface area contributed by atoms with Crippen LogP contribution in [-0.4, -0.2) is 45.7 Å². The molecule has 1 fully saturated rings. The van der Waals surface area contributed by atoms with E-state index in [4.69, 9.17) is 18.7 Å². The summed E-state index contributed by atoms with van der Waals surface area (Å²) in [6.07, 6.45) is 2.57. The number of fused-ring (bicyclic) bond motifs is 1. The van der Waals surface area contributed by atoms with Gasteiger partial charge in [0.2, 0.25) is 11.7 Å². The molecule has 1 saturated heterocycles. The molecule has 2 aromatic heterocycles. The summed E-state index contributed by atoms with van der Waals surface area (Å²) in [6, 6.07) is 7.34. The zero-order valence-corrected chi connectivity index (χ0v) is 17.8. The number of benzene rings is 1. The van der Waals surface area contributed by atoms with Gasteiger partial charge in [0.1, 0.15) is 11.5 Å². The largest absolute Gasteiger partial charge is 0.445 e. The van der Waals surface area contributed by atoms with Gasteiger partial charge in [-0.3, -0.25) is 4.79 Å². The molecule has 0 bridgehead atoms. The maximum atomic E-state index is 13.1. The van der Waals surface area contributed by atoms with Crippen LogP contribution in [0.2, 0.25) is 0 Å².